The van der Waals surface area contributed by atoms with Crippen molar-refractivity contribution in [3.8, 4) is 0 Å². The second-order valence-electron chi connectivity index (χ2n) is 5.08. The van der Waals surface area contributed by atoms with Gasteiger partial charge in [-0.1, -0.05) is 29.8 Å². The summed E-state index contributed by atoms with van der Waals surface area (Å²) in [4.78, 5) is 0. The van der Waals surface area contributed by atoms with Gasteiger partial charge in [0.2, 0.25) is 0 Å². The van der Waals surface area contributed by atoms with Gasteiger partial charge in [-0.2, -0.15) is 13.2 Å². The van der Waals surface area contributed by atoms with E-state index in [4.69, 9.17) is 0 Å². The molecule has 1 aromatic carbocycles. The second-order valence-corrected chi connectivity index (χ2v) is 5.08. The number of halogens is 3. The molecule has 1 aromatic rings. The third kappa shape index (κ3) is 3.48. The molecule has 2 rings (SSSR count). The molecule has 0 amide bonds. The van der Waals surface area contributed by atoms with Crippen LogP contribution in [0.2, 0.25) is 0 Å². The predicted molar refractivity (Wildman–Crippen MR) is 65.5 cm³/mol. The summed E-state index contributed by atoms with van der Waals surface area (Å²) < 4.78 is 38.0. The van der Waals surface area contributed by atoms with Crippen LogP contribution in [0, 0.1) is 6.92 Å². The summed E-state index contributed by atoms with van der Waals surface area (Å²) in [5, 5.41) is 2.74. The van der Waals surface area contributed by atoms with E-state index in [1.165, 1.54) is 0 Å². The van der Waals surface area contributed by atoms with Crippen LogP contribution in [-0.2, 0) is 6.42 Å². The van der Waals surface area contributed by atoms with Gasteiger partial charge in [0.05, 0.1) is 0 Å². The lowest BCUT2D eigenvalue weighted by Crippen LogP contribution is -2.50. The molecule has 0 aromatic heterocycles. The molecule has 1 fully saturated rings. The van der Waals surface area contributed by atoms with Crippen LogP contribution in [0.3, 0.4) is 0 Å². The number of hydrogen-bond acceptors (Lipinski definition) is 1. The Labute approximate surface area is 105 Å². The highest BCUT2D eigenvalue weighted by Crippen LogP contribution is 2.28. The van der Waals surface area contributed by atoms with Gasteiger partial charge in [0.1, 0.15) is 6.04 Å². The van der Waals surface area contributed by atoms with Crippen LogP contribution in [0.25, 0.3) is 0 Å². The highest BCUT2D eigenvalue weighted by Gasteiger charge is 2.41. The number of alkyl halides is 3. The van der Waals surface area contributed by atoms with Crippen LogP contribution >= 0.6 is 0 Å². The Bertz CT molecular complexity index is 400. The van der Waals surface area contributed by atoms with E-state index in [0.29, 0.717) is 12.8 Å². The number of aryl methyl sites for hydroxylation is 1. The predicted octanol–water partition coefficient (Wildman–Crippen LogP) is 3.61. The fourth-order valence-electron chi connectivity index (χ4n) is 2.56. The Morgan fingerprint density at radius 3 is 2.72 bits per heavy atom. The molecule has 0 radical (unpaired) electrons. The van der Waals surface area contributed by atoms with Crippen molar-refractivity contribution in [2.45, 2.75) is 50.9 Å². The van der Waals surface area contributed by atoms with Crippen molar-refractivity contribution in [3.63, 3.8) is 0 Å². The first-order valence-electron chi connectivity index (χ1n) is 6.33. The van der Waals surface area contributed by atoms with Crippen molar-refractivity contribution in [1.82, 2.24) is 5.32 Å². The van der Waals surface area contributed by atoms with E-state index >= 15 is 0 Å². The first-order chi connectivity index (χ1) is 8.45. The van der Waals surface area contributed by atoms with Gasteiger partial charge in [0, 0.05) is 6.04 Å². The van der Waals surface area contributed by atoms with E-state index in [2.05, 4.69) is 5.32 Å². The van der Waals surface area contributed by atoms with Crippen LogP contribution in [-0.4, -0.2) is 18.3 Å². The minimum Gasteiger partial charge on any atom is -0.303 e. The lowest BCUT2D eigenvalue weighted by molar-refractivity contribution is -0.163. The molecule has 0 saturated carbocycles. The van der Waals surface area contributed by atoms with Crippen LogP contribution in [0.15, 0.2) is 24.3 Å². The van der Waals surface area contributed by atoms with Crippen LogP contribution in [0.5, 0.6) is 0 Å². The Morgan fingerprint density at radius 2 is 2.06 bits per heavy atom. The number of piperidine rings is 1. The second kappa shape index (κ2) is 5.31. The molecule has 1 aliphatic rings. The molecular weight excluding hydrogens is 239 g/mol. The maximum Gasteiger partial charge on any atom is 0.403 e. The van der Waals surface area contributed by atoms with E-state index in [9.17, 15) is 13.2 Å². The van der Waals surface area contributed by atoms with Crippen molar-refractivity contribution in [2.24, 2.45) is 0 Å². The van der Waals surface area contributed by atoms with Gasteiger partial charge in [0.25, 0.3) is 0 Å². The van der Waals surface area contributed by atoms with E-state index in [-0.39, 0.29) is 12.5 Å². The van der Waals surface area contributed by atoms with E-state index in [1.54, 1.807) is 0 Å². The molecule has 1 heterocycles. The summed E-state index contributed by atoms with van der Waals surface area (Å²) in [6.07, 6.45) is -1.78. The summed E-state index contributed by atoms with van der Waals surface area (Å²) in [6, 6.07) is 6.57. The summed E-state index contributed by atoms with van der Waals surface area (Å²) in [6.45, 7) is 2.00. The molecule has 0 aliphatic carbocycles. The molecule has 18 heavy (non-hydrogen) atoms. The number of rotatable bonds is 2. The third-order valence-corrected chi connectivity index (χ3v) is 3.44. The fraction of sp³-hybridized carbons (Fsp3) is 0.571. The van der Waals surface area contributed by atoms with Crippen molar-refractivity contribution in [2.75, 3.05) is 0 Å². The van der Waals surface area contributed by atoms with Crippen LogP contribution in [0.1, 0.15) is 30.4 Å². The van der Waals surface area contributed by atoms with Crippen LogP contribution in [0.4, 0.5) is 13.2 Å². The number of benzene rings is 1. The fourth-order valence-corrected chi connectivity index (χ4v) is 2.56. The summed E-state index contributed by atoms with van der Waals surface area (Å²) >= 11 is 0. The first kappa shape index (κ1) is 13.4. The van der Waals surface area contributed by atoms with Gasteiger partial charge in [-0.3, -0.25) is 0 Å². The van der Waals surface area contributed by atoms with Gasteiger partial charge in [-0.05, 0) is 38.2 Å². The standard InChI is InChI=1S/C14H18F3N/c1-10-4-2-5-11(8-10)9-12-6-3-7-13(18-12)14(15,16)17/h2,4-5,8,12-13,18H,3,6-7,9H2,1H3. The molecular formula is C14H18F3N. The number of hydrogen-bond donors (Lipinski definition) is 1. The Morgan fingerprint density at radius 1 is 1.28 bits per heavy atom. The molecule has 2 unspecified atom stereocenters. The van der Waals surface area contributed by atoms with Crippen molar-refractivity contribution in [3.05, 3.63) is 35.4 Å². The van der Waals surface area contributed by atoms with Gasteiger partial charge in [-0.25, -0.2) is 0 Å². The summed E-state index contributed by atoms with van der Waals surface area (Å²) in [5.41, 5.74) is 2.26. The van der Waals surface area contributed by atoms with E-state index < -0.39 is 12.2 Å². The quantitative estimate of drug-likeness (QED) is 0.853. The molecule has 1 saturated heterocycles. The topological polar surface area (TPSA) is 12.0 Å². The Hall–Kier alpha value is -1.03. The first-order valence-corrected chi connectivity index (χ1v) is 6.33. The maximum atomic E-state index is 12.7. The largest absolute Gasteiger partial charge is 0.403 e. The zero-order chi connectivity index (χ0) is 13.2. The molecule has 4 heteroatoms. The van der Waals surface area contributed by atoms with E-state index in [1.807, 2.05) is 31.2 Å². The molecule has 0 spiro atoms. The Balaban J connectivity index is 1.98. The lowest BCUT2D eigenvalue weighted by Gasteiger charge is -2.32. The maximum absolute atomic E-state index is 12.7. The van der Waals surface area contributed by atoms with Crippen molar-refractivity contribution in [1.29, 1.82) is 0 Å². The summed E-state index contributed by atoms with van der Waals surface area (Å²) in [7, 11) is 0. The highest BCUT2D eigenvalue weighted by atomic mass is 19.4. The van der Waals surface area contributed by atoms with E-state index in [0.717, 1.165) is 17.5 Å². The average Bonchev–Trinajstić information content (AvgIpc) is 2.28. The molecule has 2 atom stereocenters. The average molecular weight is 257 g/mol. The molecule has 1 aliphatic heterocycles. The third-order valence-electron chi connectivity index (χ3n) is 3.44. The SMILES string of the molecule is Cc1cccc(CC2CCCC(C(F)(F)F)N2)c1. The van der Waals surface area contributed by atoms with Gasteiger partial charge < -0.3 is 5.32 Å². The smallest absolute Gasteiger partial charge is 0.303 e. The van der Waals surface area contributed by atoms with Gasteiger partial charge in [0.15, 0.2) is 0 Å². The normalized spacial score (nSPS) is 25.1. The molecule has 100 valence electrons. The van der Waals surface area contributed by atoms with Crippen molar-refractivity contribution >= 4 is 0 Å². The molecule has 1 nitrogen and oxygen atoms in total. The molecule has 1 N–H and O–H groups in total. The lowest BCUT2D eigenvalue weighted by atomic mass is 9.93. The molecule has 0 bridgehead atoms. The minimum atomic E-state index is -4.12. The van der Waals surface area contributed by atoms with Crippen molar-refractivity contribution < 1.29 is 13.2 Å². The zero-order valence-electron chi connectivity index (χ0n) is 10.4. The zero-order valence-corrected chi connectivity index (χ0v) is 10.4. The summed E-state index contributed by atoms with van der Waals surface area (Å²) in [5.74, 6) is 0. The monoisotopic (exact) mass is 257 g/mol. The highest BCUT2D eigenvalue weighted by molar-refractivity contribution is 5.23. The number of nitrogens with one attached hydrogen (secondary N) is 1. The van der Waals surface area contributed by atoms with Gasteiger partial charge in [-0.15, -0.1) is 0 Å². The minimum absolute atomic E-state index is 0.0628. The van der Waals surface area contributed by atoms with Crippen LogP contribution < -0.4 is 5.32 Å². The van der Waals surface area contributed by atoms with Gasteiger partial charge >= 0.3 is 6.18 Å². The Kier molecular flexibility index (Phi) is 3.95.